The molecule has 0 aliphatic rings. The van der Waals surface area contributed by atoms with Crippen LogP contribution in [-0.2, 0) is 13.0 Å². The first-order valence-electron chi connectivity index (χ1n) is 9.01. The maximum absolute atomic E-state index is 5.94. The highest BCUT2D eigenvalue weighted by Gasteiger charge is 2.11. The molecule has 146 valence electrons. The van der Waals surface area contributed by atoms with Gasteiger partial charge in [0.15, 0.2) is 5.96 Å². The van der Waals surface area contributed by atoms with E-state index >= 15 is 0 Å². The minimum Gasteiger partial charge on any atom is -0.459 e. The molecule has 27 heavy (non-hydrogen) atoms. The number of aliphatic imine (C=N–C) groups is 1. The summed E-state index contributed by atoms with van der Waals surface area (Å²) in [6, 6.07) is 8.08. The second-order valence-corrected chi connectivity index (χ2v) is 6.32. The normalized spacial score (nSPS) is 11.5. The SMILES string of the molecule is CCNC(=NCc1oc2ccccc2c1C)NCCc1c(C)noc1C.I. The zero-order valence-electron chi connectivity index (χ0n) is 16.3. The fourth-order valence-corrected chi connectivity index (χ4v) is 3.03. The standard InChI is InChI=1S/C20H26N4O2.HI/c1-5-21-20(22-11-10-17-14(3)24-26-15(17)4)23-12-19-13(2)16-8-6-7-9-18(16)25-19;/h6-9H,5,10-12H2,1-4H3,(H2,21,22,23);1H. The van der Waals surface area contributed by atoms with E-state index in [2.05, 4.69) is 40.7 Å². The molecular formula is C20H27IN4O2. The lowest BCUT2D eigenvalue weighted by Gasteiger charge is -2.11. The second kappa shape index (κ2) is 9.77. The van der Waals surface area contributed by atoms with E-state index in [-0.39, 0.29) is 24.0 Å². The Morgan fingerprint density at radius 2 is 1.93 bits per heavy atom. The van der Waals surface area contributed by atoms with Crippen LogP contribution < -0.4 is 10.6 Å². The van der Waals surface area contributed by atoms with Crippen LogP contribution in [0.1, 0.15) is 35.3 Å². The summed E-state index contributed by atoms with van der Waals surface area (Å²) in [7, 11) is 0. The number of rotatable bonds is 6. The largest absolute Gasteiger partial charge is 0.459 e. The van der Waals surface area contributed by atoms with Gasteiger partial charge in [0.25, 0.3) is 0 Å². The number of nitrogens with one attached hydrogen (secondary N) is 2. The first kappa shape index (κ1) is 21.3. The quantitative estimate of drug-likeness (QED) is 0.312. The monoisotopic (exact) mass is 482 g/mol. The van der Waals surface area contributed by atoms with Crippen LogP contribution >= 0.6 is 24.0 Å². The van der Waals surface area contributed by atoms with E-state index in [0.717, 1.165) is 64.8 Å². The summed E-state index contributed by atoms with van der Waals surface area (Å²) in [5, 5.41) is 11.8. The predicted molar refractivity (Wildman–Crippen MR) is 119 cm³/mol. The third kappa shape index (κ3) is 5.03. The van der Waals surface area contributed by atoms with Crippen molar-refractivity contribution < 1.29 is 8.94 Å². The molecule has 0 fully saturated rings. The van der Waals surface area contributed by atoms with Gasteiger partial charge >= 0.3 is 0 Å². The van der Waals surface area contributed by atoms with Crippen molar-refractivity contribution in [1.82, 2.24) is 15.8 Å². The molecule has 0 aliphatic carbocycles. The molecule has 0 saturated heterocycles. The molecule has 0 atom stereocenters. The number of para-hydroxylation sites is 1. The molecule has 2 N–H and O–H groups in total. The number of hydrogen-bond donors (Lipinski definition) is 2. The average molecular weight is 482 g/mol. The third-order valence-electron chi connectivity index (χ3n) is 4.52. The lowest BCUT2D eigenvalue weighted by molar-refractivity contribution is 0.392. The molecule has 7 heteroatoms. The molecule has 0 amide bonds. The molecule has 0 unspecified atom stereocenters. The highest BCUT2D eigenvalue weighted by atomic mass is 127. The van der Waals surface area contributed by atoms with E-state index in [0.29, 0.717) is 6.54 Å². The number of halogens is 1. The van der Waals surface area contributed by atoms with Crippen LogP contribution in [0.3, 0.4) is 0 Å². The Morgan fingerprint density at radius 3 is 2.59 bits per heavy atom. The molecule has 3 rings (SSSR count). The minimum atomic E-state index is 0. The smallest absolute Gasteiger partial charge is 0.191 e. The molecule has 1 aromatic carbocycles. The van der Waals surface area contributed by atoms with E-state index in [4.69, 9.17) is 8.94 Å². The predicted octanol–water partition coefficient (Wildman–Crippen LogP) is 4.26. The highest BCUT2D eigenvalue weighted by Crippen LogP contribution is 2.25. The molecule has 3 aromatic rings. The maximum atomic E-state index is 5.94. The number of hydrogen-bond acceptors (Lipinski definition) is 4. The topological polar surface area (TPSA) is 75.6 Å². The lowest BCUT2D eigenvalue weighted by Crippen LogP contribution is -2.38. The van der Waals surface area contributed by atoms with Gasteiger partial charge in [-0.2, -0.15) is 0 Å². The number of aryl methyl sites for hydroxylation is 3. The van der Waals surface area contributed by atoms with Gasteiger partial charge < -0.3 is 19.6 Å². The van der Waals surface area contributed by atoms with Gasteiger partial charge in [0, 0.05) is 29.6 Å². The van der Waals surface area contributed by atoms with Gasteiger partial charge in [-0.3, -0.25) is 0 Å². The summed E-state index contributed by atoms with van der Waals surface area (Å²) in [5.41, 5.74) is 4.16. The molecule has 6 nitrogen and oxygen atoms in total. The number of nitrogens with zero attached hydrogens (tertiary/aromatic N) is 2. The molecule has 2 aromatic heterocycles. The Labute approximate surface area is 176 Å². The van der Waals surface area contributed by atoms with Crippen molar-refractivity contribution in [2.75, 3.05) is 13.1 Å². The van der Waals surface area contributed by atoms with Gasteiger partial charge in [-0.15, -0.1) is 24.0 Å². The Morgan fingerprint density at radius 1 is 1.15 bits per heavy atom. The van der Waals surface area contributed by atoms with Crippen molar-refractivity contribution in [2.24, 2.45) is 4.99 Å². The minimum absolute atomic E-state index is 0. The fourth-order valence-electron chi connectivity index (χ4n) is 3.03. The Hall–Kier alpha value is -2.03. The summed E-state index contributed by atoms with van der Waals surface area (Å²) in [5.74, 6) is 2.55. The first-order valence-corrected chi connectivity index (χ1v) is 9.01. The number of guanidine groups is 1. The van der Waals surface area contributed by atoms with Crippen LogP contribution in [0.25, 0.3) is 11.0 Å². The summed E-state index contributed by atoms with van der Waals surface area (Å²) in [4.78, 5) is 4.67. The van der Waals surface area contributed by atoms with Gasteiger partial charge in [-0.25, -0.2) is 4.99 Å². The zero-order chi connectivity index (χ0) is 18.5. The number of benzene rings is 1. The Balaban J connectivity index is 0.00000261. The second-order valence-electron chi connectivity index (χ2n) is 6.32. The van der Waals surface area contributed by atoms with Crippen molar-refractivity contribution in [3.05, 3.63) is 52.6 Å². The molecular weight excluding hydrogens is 455 g/mol. The zero-order valence-corrected chi connectivity index (χ0v) is 18.6. The average Bonchev–Trinajstić information content (AvgIpc) is 3.13. The van der Waals surface area contributed by atoms with Crippen LogP contribution in [0.4, 0.5) is 0 Å². The van der Waals surface area contributed by atoms with Crippen molar-refractivity contribution in [1.29, 1.82) is 0 Å². The molecule has 0 spiro atoms. The molecule has 0 radical (unpaired) electrons. The molecule has 0 aliphatic heterocycles. The van der Waals surface area contributed by atoms with Crippen molar-refractivity contribution in [3.63, 3.8) is 0 Å². The van der Waals surface area contributed by atoms with E-state index in [1.165, 1.54) is 0 Å². The Bertz CT molecular complexity index is 894. The van der Waals surface area contributed by atoms with Crippen molar-refractivity contribution in [2.45, 2.75) is 40.7 Å². The highest BCUT2D eigenvalue weighted by molar-refractivity contribution is 14.0. The Kier molecular flexibility index (Phi) is 7.70. The summed E-state index contributed by atoms with van der Waals surface area (Å²) >= 11 is 0. The van der Waals surface area contributed by atoms with Gasteiger partial charge in [0.05, 0.1) is 5.69 Å². The summed E-state index contributed by atoms with van der Waals surface area (Å²) in [6.45, 7) is 10.1. The molecule has 0 bridgehead atoms. The first-order chi connectivity index (χ1) is 12.6. The van der Waals surface area contributed by atoms with Gasteiger partial charge in [0.2, 0.25) is 0 Å². The van der Waals surface area contributed by atoms with E-state index in [1.807, 2.05) is 32.0 Å². The van der Waals surface area contributed by atoms with Crippen LogP contribution in [0, 0.1) is 20.8 Å². The molecule has 2 heterocycles. The fraction of sp³-hybridized carbons (Fsp3) is 0.400. The van der Waals surface area contributed by atoms with E-state index < -0.39 is 0 Å². The van der Waals surface area contributed by atoms with Crippen molar-refractivity contribution >= 4 is 40.9 Å². The van der Waals surface area contributed by atoms with Crippen LogP contribution in [-0.4, -0.2) is 24.2 Å². The number of furan rings is 1. The van der Waals surface area contributed by atoms with E-state index in [9.17, 15) is 0 Å². The van der Waals surface area contributed by atoms with Crippen LogP contribution in [0.5, 0.6) is 0 Å². The van der Waals surface area contributed by atoms with Crippen LogP contribution in [0.2, 0.25) is 0 Å². The number of aromatic nitrogens is 1. The van der Waals surface area contributed by atoms with E-state index in [1.54, 1.807) is 0 Å². The maximum Gasteiger partial charge on any atom is 0.191 e. The summed E-state index contributed by atoms with van der Waals surface area (Å²) in [6.07, 6.45) is 0.843. The van der Waals surface area contributed by atoms with Crippen molar-refractivity contribution in [3.8, 4) is 0 Å². The molecule has 0 saturated carbocycles. The van der Waals surface area contributed by atoms with Gasteiger partial charge in [0.1, 0.15) is 23.6 Å². The lowest BCUT2D eigenvalue weighted by atomic mass is 10.1. The summed E-state index contributed by atoms with van der Waals surface area (Å²) < 4.78 is 11.2. The third-order valence-corrected chi connectivity index (χ3v) is 4.52. The number of fused-ring (bicyclic) bond motifs is 1. The van der Waals surface area contributed by atoms with Crippen LogP contribution in [0.15, 0.2) is 38.2 Å². The van der Waals surface area contributed by atoms with Gasteiger partial charge in [-0.1, -0.05) is 23.4 Å². The van der Waals surface area contributed by atoms with Gasteiger partial charge in [-0.05, 0) is 40.2 Å².